The summed E-state index contributed by atoms with van der Waals surface area (Å²) in [6.45, 7) is 0. The van der Waals surface area contributed by atoms with Crippen LogP contribution in [0.15, 0.2) is 58.2 Å². The Kier molecular flexibility index (Phi) is 5.67. The first kappa shape index (κ1) is 17.4. The molecule has 3 aromatic rings. The van der Waals surface area contributed by atoms with Gasteiger partial charge in [0.1, 0.15) is 5.75 Å². The normalized spacial score (nSPS) is 10.5. The molecule has 0 atom stereocenters. The van der Waals surface area contributed by atoms with Crippen LogP contribution in [0.4, 0.5) is 5.69 Å². The van der Waals surface area contributed by atoms with Crippen molar-refractivity contribution in [3.05, 3.63) is 53.0 Å². The van der Waals surface area contributed by atoms with E-state index in [2.05, 4.69) is 36.8 Å². The average molecular weight is 420 g/mol. The lowest BCUT2D eigenvalue weighted by Gasteiger charge is -2.06. The van der Waals surface area contributed by atoms with Gasteiger partial charge in [-0.2, -0.15) is 4.68 Å². The molecule has 0 aliphatic rings. The highest BCUT2D eigenvalue weighted by Crippen LogP contribution is 2.20. The van der Waals surface area contributed by atoms with Gasteiger partial charge in [-0.15, -0.1) is 5.10 Å². The summed E-state index contributed by atoms with van der Waals surface area (Å²) in [5.41, 5.74) is 1.53. The zero-order chi connectivity index (χ0) is 17.6. The number of amides is 1. The minimum Gasteiger partial charge on any atom is -0.497 e. The number of hydrogen-bond acceptors (Lipinski definition) is 6. The van der Waals surface area contributed by atoms with Gasteiger partial charge in [0, 0.05) is 10.2 Å². The molecule has 0 saturated heterocycles. The zero-order valence-corrected chi connectivity index (χ0v) is 15.6. The van der Waals surface area contributed by atoms with Crippen LogP contribution in [0.25, 0.3) is 5.69 Å². The number of halogens is 1. The topological polar surface area (TPSA) is 81.9 Å². The lowest BCUT2D eigenvalue weighted by atomic mass is 10.3. The van der Waals surface area contributed by atoms with Crippen molar-refractivity contribution in [1.82, 2.24) is 20.2 Å². The number of aromatic nitrogens is 4. The van der Waals surface area contributed by atoms with Crippen molar-refractivity contribution >= 4 is 39.3 Å². The molecular formula is C16H14BrN5O2S. The van der Waals surface area contributed by atoms with Crippen molar-refractivity contribution in [3.63, 3.8) is 0 Å². The summed E-state index contributed by atoms with van der Waals surface area (Å²) < 4.78 is 7.65. The first-order valence-corrected chi connectivity index (χ1v) is 9.04. The third kappa shape index (κ3) is 4.58. The minimum absolute atomic E-state index is 0.138. The van der Waals surface area contributed by atoms with Crippen LogP contribution in [0.5, 0.6) is 5.75 Å². The molecule has 1 heterocycles. The fourth-order valence-electron chi connectivity index (χ4n) is 2.01. The maximum absolute atomic E-state index is 12.1. The van der Waals surface area contributed by atoms with Crippen LogP contribution < -0.4 is 10.1 Å². The van der Waals surface area contributed by atoms with Crippen molar-refractivity contribution in [3.8, 4) is 11.4 Å². The van der Waals surface area contributed by atoms with Crippen LogP contribution in [0, 0.1) is 0 Å². The number of tetrazole rings is 1. The summed E-state index contributed by atoms with van der Waals surface area (Å²) in [6.07, 6.45) is 0. The summed E-state index contributed by atoms with van der Waals surface area (Å²) in [7, 11) is 1.60. The van der Waals surface area contributed by atoms with Gasteiger partial charge in [0.05, 0.1) is 18.6 Å². The standard InChI is InChI=1S/C16H14BrN5O2S/c1-24-14-8-4-12(5-9-14)18-15(23)10-25-16-19-20-21-22(16)13-6-2-11(17)3-7-13/h2-9H,10H2,1H3,(H,18,23). The van der Waals surface area contributed by atoms with E-state index in [1.54, 1.807) is 36.1 Å². The molecule has 25 heavy (non-hydrogen) atoms. The highest BCUT2D eigenvalue weighted by molar-refractivity contribution is 9.10. The number of nitrogens with one attached hydrogen (secondary N) is 1. The van der Waals surface area contributed by atoms with Crippen molar-refractivity contribution in [2.45, 2.75) is 5.16 Å². The van der Waals surface area contributed by atoms with Crippen LogP contribution in [0.3, 0.4) is 0 Å². The summed E-state index contributed by atoms with van der Waals surface area (Å²) in [5.74, 6) is 0.796. The summed E-state index contributed by atoms with van der Waals surface area (Å²) in [4.78, 5) is 12.1. The molecule has 0 fully saturated rings. The highest BCUT2D eigenvalue weighted by atomic mass is 79.9. The van der Waals surface area contributed by atoms with E-state index in [4.69, 9.17) is 4.74 Å². The number of carbonyl (C=O) groups excluding carboxylic acids is 1. The molecule has 3 rings (SSSR count). The average Bonchev–Trinajstić information content (AvgIpc) is 3.10. The number of hydrogen-bond donors (Lipinski definition) is 1. The van der Waals surface area contributed by atoms with Crippen LogP contribution in [-0.2, 0) is 4.79 Å². The van der Waals surface area contributed by atoms with Gasteiger partial charge in [-0.3, -0.25) is 4.79 Å². The molecule has 7 nitrogen and oxygen atoms in total. The van der Waals surface area contributed by atoms with Crippen molar-refractivity contribution in [2.24, 2.45) is 0 Å². The predicted octanol–water partition coefficient (Wildman–Crippen LogP) is 3.16. The van der Waals surface area contributed by atoms with Gasteiger partial charge in [0.15, 0.2) is 0 Å². The number of methoxy groups -OCH3 is 1. The predicted molar refractivity (Wildman–Crippen MR) is 99.2 cm³/mol. The van der Waals surface area contributed by atoms with Crippen LogP contribution in [-0.4, -0.2) is 39.0 Å². The van der Waals surface area contributed by atoms with Crippen molar-refractivity contribution in [1.29, 1.82) is 0 Å². The molecule has 0 bridgehead atoms. The SMILES string of the molecule is COc1ccc(NC(=O)CSc2nnnn2-c2ccc(Br)cc2)cc1. The molecule has 0 saturated carbocycles. The second-order valence-electron chi connectivity index (χ2n) is 4.92. The molecule has 9 heteroatoms. The van der Waals surface area contributed by atoms with Gasteiger partial charge < -0.3 is 10.1 Å². The third-order valence-corrected chi connectivity index (χ3v) is 4.67. The molecule has 0 unspecified atom stereocenters. The molecule has 1 N–H and O–H groups in total. The van der Waals surface area contributed by atoms with E-state index < -0.39 is 0 Å². The van der Waals surface area contributed by atoms with E-state index in [1.165, 1.54) is 11.8 Å². The van der Waals surface area contributed by atoms with Gasteiger partial charge in [-0.1, -0.05) is 27.7 Å². The minimum atomic E-state index is -0.138. The van der Waals surface area contributed by atoms with E-state index in [9.17, 15) is 4.79 Å². The molecule has 128 valence electrons. The van der Waals surface area contributed by atoms with Crippen molar-refractivity contribution in [2.75, 3.05) is 18.2 Å². The third-order valence-electron chi connectivity index (χ3n) is 3.22. The fourth-order valence-corrected chi connectivity index (χ4v) is 2.97. The molecule has 0 spiro atoms. The van der Waals surface area contributed by atoms with Crippen LogP contribution in [0.2, 0.25) is 0 Å². The van der Waals surface area contributed by atoms with Crippen LogP contribution in [0.1, 0.15) is 0 Å². The number of thioether (sulfide) groups is 1. The molecule has 0 aliphatic carbocycles. The quantitative estimate of drug-likeness (QED) is 0.617. The molecule has 1 aromatic heterocycles. The number of nitrogens with zero attached hydrogens (tertiary/aromatic N) is 4. The number of anilines is 1. The van der Waals surface area contributed by atoms with Gasteiger partial charge in [0.25, 0.3) is 0 Å². The van der Waals surface area contributed by atoms with Gasteiger partial charge in [0.2, 0.25) is 11.1 Å². The Balaban J connectivity index is 1.61. The smallest absolute Gasteiger partial charge is 0.234 e. The van der Waals surface area contributed by atoms with E-state index in [0.717, 1.165) is 15.9 Å². The first-order valence-electron chi connectivity index (χ1n) is 7.27. The number of carbonyl (C=O) groups is 1. The van der Waals surface area contributed by atoms with E-state index >= 15 is 0 Å². The number of ether oxygens (including phenoxy) is 1. The largest absolute Gasteiger partial charge is 0.497 e. The maximum atomic E-state index is 12.1. The Morgan fingerprint density at radius 1 is 1.20 bits per heavy atom. The Hall–Kier alpha value is -2.39. The Morgan fingerprint density at radius 2 is 1.92 bits per heavy atom. The van der Waals surface area contributed by atoms with Gasteiger partial charge in [-0.25, -0.2) is 0 Å². The first-order chi connectivity index (χ1) is 12.2. The van der Waals surface area contributed by atoms with Crippen LogP contribution >= 0.6 is 27.7 Å². The molecule has 0 radical (unpaired) electrons. The lowest BCUT2D eigenvalue weighted by Crippen LogP contribution is -2.14. The zero-order valence-electron chi connectivity index (χ0n) is 13.2. The molecule has 1 amide bonds. The number of benzene rings is 2. The summed E-state index contributed by atoms with van der Waals surface area (Å²) >= 11 is 4.66. The molecular weight excluding hydrogens is 406 g/mol. The van der Waals surface area contributed by atoms with E-state index in [-0.39, 0.29) is 11.7 Å². The summed E-state index contributed by atoms with van der Waals surface area (Å²) in [5, 5.41) is 15.0. The Morgan fingerprint density at radius 3 is 2.60 bits per heavy atom. The Bertz CT molecular complexity index is 852. The van der Waals surface area contributed by atoms with E-state index in [0.29, 0.717) is 10.8 Å². The number of rotatable bonds is 6. The van der Waals surface area contributed by atoms with Crippen molar-refractivity contribution < 1.29 is 9.53 Å². The lowest BCUT2D eigenvalue weighted by molar-refractivity contribution is -0.113. The van der Waals surface area contributed by atoms with Gasteiger partial charge >= 0.3 is 0 Å². The second-order valence-corrected chi connectivity index (χ2v) is 6.77. The molecule has 0 aliphatic heterocycles. The van der Waals surface area contributed by atoms with Gasteiger partial charge in [-0.05, 0) is 59.0 Å². The maximum Gasteiger partial charge on any atom is 0.234 e. The molecule has 2 aromatic carbocycles. The fraction of sp³-hybridized carbons (Fsp3) is 0.125. The summed E-state index contributed by atoms with van der Waals surface area (Å²) in [6, 6.07) is 14.7. The van der Waals surface area contributed by atoms with E-state index in [1.807, 2.05) is 24.3 Å². The highest BCUT2D eigenvalue weighted by Gasteiger charge is 2.11. The Labute approximate surface area is 156 Å². The second kappa shape index (κ2) is 8.13. The monoisotopic (exact) mass is 419 g/mol.